The zero-order valence-electron chi connectivity index (χ0n) is 15.9. The smallest absolute Gasteiger partial charge is 0.262 e. The molecule has 0 fully saturated rings. The number of amides is 1. The van der Waals surface area contributed by atoms with Gasteiger partial charge in [-0.3, -0.25) is 14.2 Å². The van der Waals surface area contributed by atoms with E-state index in [1.54, 1.807) is 18.4 Å². The number of thiophene rings is 1. The molecule has 1 atom stereocenters. The maximum atomic E-state index is 12.9. The molecule has 3 rings (SSSR count). The Morgan fingerprint density at radius 2 is 2.23 bits per heavy atom. The maximum Gasteiger partial charge on any atom is 0.262 e. The zero-order valence-corrected chi connectivity index (χ0v) is 16.7. The van der Waals surface area contributed by atoms with Gasteiger partial charge < -0.3 is 10.1 Å². The van der Waals surface area contributed by atoms with Crippen LogP contribution in [0, 0.1) is 11.3 Å². The largest absolute Gasteiger partial charge is 0.383 e. The monoisotopic (exact) mass is 377 g/mol. The number of nitrogens with one attached hydrogen (secondary N) is 1. The lowest BCUT2D eigenvalue weighted by Gasteiger charge is -2.33. The summed E-state index contributed by atoms with van der Waals surface area (Å²) in [6, 6.07) is 0. The Balaban J connectivity index is 1.86. The molecule has 7 heteroatoms. The fraction of sp³-hybridized carbons (Fsp3) is 0.632. The Morgan fingerprint density at radius 3 is 2.92 bits per heavy atom. The van der Waals surface area contributed by atoms with Gasteiger partial charge in [0.2, 0.25) is 5.91 Å². The van der Waals surface area contributed by atoms with E-state index in [2.05, 4.69) is 31.1 Å². The van der Waals surface area contributed by atoms with Crippen molar-refractivity contribution in [2.75, 3.05) is 20.3 Å². The van der Waals surface area contributed by atoms with Crippen molar-refractivity contribution in [2.45, 2.75) is 46.6 Å². The molecule has 0 saturated heterocycles. The van der Waals surface area contributed by atoms with Gasteiger partial charge in [-0.15, -0.1) is 11.3 Å². The average Bonchev–Trinajstić information content (AvgIpc) is 2.95. The number of rotatable bonds is 5. The fourth-order valence-electron chi connectivity index (χ4n) is 3.56. The van der Waals surface area contributed by atoms with E-state index in [9.17, 15) is 9.59 Å². The van der Waals surface area contributed by atoms with E-state index in [-0.39, 0.29) is 23.4 Å². The number of nitrogens with zero attached hydrogens (tertiary/aromatic N) is 2. The molecule has 1 aliphatic rings. The lowest BCUT2D eigenvalue weighted by Crippen LogP contribution is -2.34. The van der Waals surface area contributed by atoms with E-state index in [1.807, 2.05) is 0 Å². The Bertz CT molecular complexity index is 863. The summed E-state index contributed by atoms with van der Waals surface area (Å²) in [6.45, 7) is 7.71. The van der Waals surface area contributed by atoms with Crippen LogP contribution in [0.25, 0.3) is 10.2 Å². The van der Waals surface area contributed by atoms with Gasteiger partial charge in [-0.2, -0.15) is 0 Å². The summed E-state index contributed by atoms with van der Waals surface area (Å²) < 4.78 is 6.32. The third kappa shape index (κ3) is 3.83. The molecule has 2 aromatic rings. The highest BCUT2D eigenvalue weighted by atomic mass is 32.1. The number of aromatic nitrogens is 2. The number of ether oxygens (including phenoxy) is 1. The minimum Gasteiger partial charge on any atom is -0.383 e. The second-order valence-electron chi connectivity index (χ2n) is 8.01. The number of fused-ring (bicyclic) bond motifs is 3. The van der Waals surface area contributed by atoms with Crippen LogP contribution in [0.5, 0.6) is 0 Å². The van der Waals surface area contributed by atoms with E-state index < -0.39 is 0 Å². The lowest BCUT2D eigenvalue weighted by molar-refractivity contribution is -0.121. The van der Waals surface area contributed by atoms with Crippen molar-refractivity contribution in [3.63, 3.8) is 0 Å². The normalized spacial score (nSPS) is 17.3. The van der Waals surface area contributed by atoms with Gasteiger partial charge in [-0.1, -0.05) is 20.8 Å². The van der Waals surface area contributed by atoms with Gasteiger partial charge in [-0.05, 0) is 36.2 Å². The Morgan fingerprint density at radius 1 is 1.46 bits per heavy atom. The molecule has 142 valence electrons. The van der Waals surface area contributed by atoms with Gasteiger partial charge in [0.25, 0.3) is 5.56 Å². The summed E-state index contributed by atoms with van der Waals surface area (Å²) in [5.74, 6) is 0.416. The standard InChI is InChI=1S/C19H27N3O3S/c1-19(2,3)12-5-6-13-14(9-12)26-17-16(13)18(24)22(11-21-17)10-15(23)20-7-8-25-4/h11-12H,5-10H2,1-4H3,(H,20,23)/t12-/m1/s1. The predicted molar refractivity (Wildman–Crippen MR) is 104 cm³/mol. The molecule has 2 aromatic heterocycles. The van der Waals surface area contributed by atoms with Crippen molar-refractivity contribution >= 4 is 27.5 Å². The van der Waals surface area contributed by atoms with Crippen molar-refractivity contribution < 1.29 is 9.53 Å². The molecule has 2 heterocycles. The lowest BCUT2D eigenvalue weighted by atomic mass is 9.72. The van der Waals surface area contributed by atoms with Crippen LogP contribution in [0.2, 0.25) is 0 Å². The Kier molecular flexibility index (Phi) is 5.48. The van der Waals surface area contributed by atoms with E-state index in [0.717, 1.165) is 29.7 Å². The first-order valence-corrected chi connectivity index (χ1v) is 9.88. The van der Waals surface area contributed by atoms with Crippen LogP contribution in [-0.2, 0) is 28.9 Å². The number of hydrogen-bond donors (Lipinski definition) is 1. The topological polar surface area (TPSA) is 73.2 Å². The summed E-state index contributed by atoms with van der Waals surface area (Å²) in [6.07, 6.45) is 4.51. The molecule has 1 amide bonds. The van der Waals surface area contributed by atoms with E-state index in [1.165, 1.54) is 15.8 Å². The highest BCUT2D eigenvalue weighted by Gasteiger charge is 2.31. The molecule has 0 aromatic carbocycles. The summed E-state index contributed by atoms with van der Waals surface area (Å²) in [4.78, 5) is 31.5. The summed E-state index contributed by atoms with van der Waals surface area (Å²) >= 11 is 1.64. The van der Waals surface area contributed by atoms with E-state index in [4.69, 9.17) is 4.74 Å². The molecule has 1 aliphatic carbocycles. The van der Waals surface area contributed by atoms with Crippen LogP contribution in [0.3, 0.4) is 0 Å². The zero-order chi connectivity index (χ0) is 18.9. The predicted octanol–water partition coefficient (Wildman–Crippen LogP) is 2.37. The molecule has 0 radical (unpaired) electrons. The van der Waals surface area contributed by atoms with Crippen molar-refractivity contribution in [3.05, 3.63) is 27.1 Å². The first kappa shape index (κ1) is 19.0. The molecule has 0 saturated carbocycles. The van der Waals surface area contributed by atoms with Gasteiger partial charge in [-0.25, -0.2) is 4.98 Å². The quantitative estimate of drug-likeness (QED) is 0.812. The van der Waals surface area contributed by atoms with Gasteiger partial charge >= 0.3 is 0 Å². The van der Waals surface area contributed by atoms with Gasteiger partial charge in [0.15, 0.2) is 0 Å². The Hall–Kier alpha value is -1.73. The number of methoxy groups -OCH3 is 1. The van der Waals surface area contributed by atoms with Crippen LogP contribution >= 0.6 is 11.3 Å². The van der Waals surface area contributed by atoms with Crippen molar-refractivity contribution in [2.24, 2.45) is 11.3 Å². The molecule has 0 aliphatic heterocycles. The number of aryl methyl sites for hydroxylation is 1. The minimum absolute atomic E-state index is 0.0132. The Labute approximate surface area is 157 Å². The van der Waals surface area contributed by atoms with Gasteiger partial charge in [0, 0.05) is 18.5 Å². The molecule has 1 N–H and O–H groups in total. The van der Waals surface area contributed by atoms with Crippen LogP contribution in [0.4, 0.5) is 0 Å². The van der Waals surface area contributed by atoms with E-state index in [0.29, 0.717) is 24.5 Å². The van der Waals surface area contributed by atoms with Crippen molar-refractivity contribution in [1.82, 2.24) is 14.9 Å². The third-order valence-electron chi connectivity index (χ3n) is 5.20. The molecule has 0 unspecified atom stereocenters. The van der Waals surface area contributed by atoms with Crippen LogP contribution in [0.1, 0.15) is 37.6 Å². The minimum atomic E-state index is -0.206. The third-order valence-corrected chi connectivity index (χ3v) is 6.37. The summed E-state index contributed by atoms with van der Waals surface area (Å²) in [7, 11) is 1.58. The molecule has 6 nitrogen and oxygen atoms in total. The maximum absolute atomic E-state index is 12.9. The van der Waals surface area contributed by atoms with Gasteiger partial charge in [0.1, 0.15) is 11.4 Å². The highest BCUT2D eigenvalue weighted by molar-refractivity contribution is 7.18. The SMILES string of the molecule is COCCNC(=O)Cn1cnc2sc3c(c2c1=O)CC[C@@H](C(C)(C)C)C3. The molecular weight excluding hydrogens is 350 g/mol. The number of carbonyl (C=O) groups is 1. The summed E-state index contributed by atoms with van der Waals surface area (Å²) in [5.41, 5.74) is 1.31. The average molecular weight is 378 g/mol. The highest BCUT2D eigenvalue weighted by Crippen LogP contribution is 2.41. The van der Waals surface area contributed by atoms with Crippen molar-refractivity contribution in [3.8, 4) is 0 Å². The second-order valence-corrected chi connectivity index (χ2v) is 9.09. The van der Waals surface area contributed by atoms with Gasteiger partial charge in [0.05, 0.1) is 18.3 Å². The van der Waals surface area contributed by atoms with E-state index >= 15 is 0 Å². The first-order valence-electron chi connectivity index (χ1n) is 9.06. The fourth-order valence-corrected chi connectivity index (χ4v) is 4.81. The molecular formula is C19H27N3O3S. The second kappa shape index (κ2) is 7.48. The van der Waals surface area contributed by atoms with Crippen LogP contribution < -0.4 is 10.9 Å². The summed E-state index contributed by atoms with van der Waals surface area (Å²) in [5, 5.41) is 3.45. The van der Waals surface area contributed by atoms with Crippen LogP contribution in [0.15, 0.2) is 11.1 Å². The first-order chi connectivity index (χ1) is 12.3. The van der Waals surface area contributed by atoms with Crippen LogP contribution in [-0.4, -0.2) is 35.7 Å². The molecule has 0 spiro atoms. The number of hydrogen-bond acceptors (Lipinski definition) is 5. The number of carbonyl (C=O) groups excluding carboxylic acids is 1. The van der Waals surface area contributed by atoms with Crippen molar-refractivity contribution in [1.29, 1.82) is 0 Å². The molecule has 26 heavy (non-hydrogen) atoms. The molecule has 0 bridgehead atoms.